The predicted molar refractivity (Wildman–Crippen MR) is 198 cm³/mol. The lowest BCUT2D eigenvalue weighted by molar-refractivity contribution is -0.145. The molecule has 18 heteroatoms. The SMILES string of the molecule is CC(=O)NC(CCC(N)=O)C(=O)N[C@@H](CC1CCCCC1)C(=O)NC(CC(=O)O)C(=O)N[C@@H](CC(C)C)C(=O)N1CCCC1C(=O)N[C@@H](CC(C)C)C(=O)O. The quantitative estimate of drug-likeness (QED) is 0.0740. The molecule has 18 nitrogen and oxygen atoms in total. The number of carboxylic acids is 2. The zero-order chi connectivity index (χ0) is 41.4. The fourth-order valence-corrected chi connectivity index (χ4v) is 7.15. The molecule has 3 unspecified atom stereocenters. The van der Waals surface area contributed by atoms with E-state index in [1.165, 1.54) is 11.8 Å². The largest absolute Gasteiger partial charge is 0.481 e. The summed E-state index contributed by atoms with van der Waals surface area (Å²) in [5, 5.41) is 32.0. The van der Waals surface area contributed by atoms with Crippen molar-refractivity contribution in [3.63, 3.8) is 0 Å². The molecule has 9 N–H and O–H groups in total. The number of hydrogen-bond acceptors (Lipinski definition) is 9. The van der Waals surface area contributed by atoms with Crippen LogP contribution in [0.15, 0.2) is 0 Å². The summed E-state index contributed by atoms with van der Waals surface area (Å²) in [5.74, 6) is -7.88. The van der Waals surface area contributed by atoms with Crippen molar-refractivity contribution in [2.24, 2.45) is 23.5 Å². The minimum Gasteiger partial charge on any atom is -0.481 e. The van der Waals surface area contributed by atoms with Gasteiger partial charge in [-0.05, 0) is 56.3 Å². The number of nitrogens with zero attached hydrogens (tertiary/aromatic N) is 1. The second-order valence-corrected chi connectivity index (χ2v) is 15.6. The molecular weight excluding hydrogens is 718 g/mol. The smallest absolute Gasteiger partial charge is 0.326 e. The number of carboxylic acid groups (broad SMARTS) is 2. The Hall–Kier alpha value is -4.77. The fourth-order valence-electron chi connectivity index (χ4n) is 7.15. The fraction of sp³-hybridized carbons (Fsp3) is 0.757. The number of primary amides is 1. The van der Waals surface area contributed by atoms with Crippen LogP contribution in [0.1, 0.15) is 118 Å². The first-order valence-electron chi connectivity index (χ1n) is 19.3. The highest BCUT2D eigenvalue weighted by molar-refractivity contribution is 5.98. The highest BCUT2D eigenvalue weighted by Crippen LogP contribution is 2.28. The molecule has 2 fully saturated rings. The minimum absolute atomic E-state index is 0.0242. The van der Waals surface area contributed by atoms with Crippen LogP contribution in [-0.4, -0.2) is 111 Å². The maximum absolute atomic E-state index is 14.0. The molecule has 2 rings (SSSR count). The Kier molecular flexibility index (Phi) is 19.0. The monoisotopic (exact) mass is 779 g/mol. The lowest BCUT2D eigenvalue weighted by Crippen LogP contribution is -2.60. The van der Waals surface area contributed by atoms with Crippen molar-refractivity contribution in [1.82, 2.24) is 31.5 Å². The highest BCUT2D eigenvalue weighted by Gasteiger charge is 2.40. The van der Waals surface area contributed by atoms with E-state index in [4.69, 9.17) is 5.73 Å². The van der Waals surface area contributed by atoms with Crippen molar-refractivity contribution in [1.29, 1.82) is 0 Å². The van der Waals surface area contributed by atoms with Crippen molar-refractivity contribution in [2.45, 2.75) is 154 Å². The Balaban J connectivity index is 2.32. The Morgan fingerprint density at radius 2 is 1.22 bits per heavy atom. The highest BCUT2D eigenvalue weighted by atomic mass is 16.4. The van der Waals surface area contributed by atoms with Gasteiger partial charge in [0.05, 0.1) is 6.42 Å². The Bertz CT molecular complexity index is 1400. The molecule has 310 valence electrons. The summed E-state index contributed by atoms with van der Waals surface area (Å²) in [4.78, 5) is 117. The van der Waals surface area contributed by atoms with Gasteiger partial charge < -0.3 is 47.4 Å². The van der Waals surface area contributed by atoms with Gasteiger partial charge in [-0.15, -0.1) is 0 Å². The van der Waals surface area contributed by atoms with E-state index in [1.807, 2.05) is 13.8 Å². The summed E-state index contributed by atoms with van der Waals surface area (Å²) >= 11 is 0. The summed E-state index contributed by atoms with van der Waals surface area (Å²) in [7, 11) is 0. The summed E-state index contributed by atoms with van der Waals surface area (Å²) in [6.45, 7) is 8.59. The zero-order valence-corrected chi connectivity index (χ0v) is 32.7. The van der Waals surface area contributed by atoms with Crippen molar-refractivity contribution in [2.75, 3.05) is 6.54 Å². The van der Waals surface area contributed by atoms with E-state index in [-0.39, 0.29) is 62.8 Å². The van der Waals surface area contributed by atoms with Crippen LogP contribution in [0, 0.1) is 17.8 Å². The maximum atomic E-state index is 14.0. The molecule has 1 aliphatic heterocycles. The molecule has 55 heavy (non-hydrogen) atoms. The van der Waals surface area contributed by atoms with E-state index < -0.39 is 96.0 Å². The van der Waals surface area contributed by atoms with E-state index in [0.717, 1.165) is 32.1 Å². The minimum atomic E-state index is -1.68. The summed E-state index contributed by atoms with van der Waals surface area (Å²) in [6.07, 6.45) is 4.33. The van der Waals surface area contributed by atoms with Crippen molar-refractivity contribution in [3.05, 3.63) is 0 Å². The van der Waals surface area contributed by atoms with E-state index in [0.29, 0.717) is 6.42 Å². The molecule has 0 aromatic rings. The molecule has 2 aliphatic rings. The number of nitrogens with one attached hydrogen (secondary N) is 5. The van der Waals surface area contributed by atoms with Gasteiger partial charge in [0.1, 0.15) is 36.3 Å². The van der Waals surface area contributed by atoms with Crippen LogP contribution in [0.3, 0.4) is 0 Å². The molecular formula is C37H61N7O11. The Morgan fingerprint density at radius 1 is 0.673 bits per heavy atom. The number of likely N-dealkylation sites (tertiary alicyclic amines) is 1. The predicted octanol–water partition coefficient (Wildman–Crippen LogP) is 0.309. The topological polar surface area (TPSA) is 284 Å². The second-order valence-electron chi connectivity index (χ2n) is 15.6. The van der Waals surface area contributed by atoms with Crippen LogP contribution in [-0.2, 0) is 43.2 Å². The Labute approximate surface area is 322 Å². The number of rotatable bonds is 22. The van der Waals surface area contributed by atoms with Gasteiger partial charge >= 0.3 is 11.9 Å². The van der Waals surface area contributed by atoms with Crippen LogP contribution in [0.25, 0.3) is 0 Å². The van der Waals surface area contributed by atoms with Crippen molar-refractivity contribution >= 4 is 53.3 Å². The summed E-state index contributed by atoms with van der Waals surface area (Å²) in [6, 6.07) is -7.49. The van der Waals surface area contributed by atoms with Crippen LogP contribution < -0.4 is 32.3 Å². The van der Waals surface area contributed by atoms with Gasteiger partial charge in [-0.1, -0.05) is 59.8 Å². The molecule has 0 spiro atoms. The molecule has 1 saturated carbocycles. The molecule has 7 amide bonds. The van der Waals surface area contributed by atoms with Crippen molar-refractivity contribution < 1.29 is 53.4 Å². The van der Waals surface area contributed by atoms with Crippen molar-refractivity contribution in [3.8, 4) is 0 Å². The first kappa shape index (κ1) is 46.4. The van der Waals surface area contributed by atoms with E-state index in [1.54, 1.807) is 13.8 Å². The average molecular weight is 780 g/mol. The number of amides is 7. The normalized spacial score (nSPS) is 18.7. The molecule has 0 aromatic heterocycles. The first-order chi connectivity index (χ1) is 25.8. The summed E-state index contributed by atoms with van der Waals surface area (Å²) in [5.41, 5.74) is 5.25. The van der Waals surface area contributed by atoms with E-state index >= 15 is 0 Å². The van der Waals surface area contributed by atoms with Crippen LogP contribution in [0.4, 0.5) is 0 Å². The van der Waals surface area contributed by atoms with E-state index in [9.17, 15) is 53.4 Å². The lowest BCUT2D eigenvalue weighted by Gasteiger charge is -2.31. The summed E-state index contributed by atoms with van der Waals surface area (Å²) < 4.78 is 0. The zero-order valence-electron chi connectivity index (χ0n) is 32.7. The molecule has 0 bridgehead atoms. The standard InChI is InChI=1S/C37H61N7O11/c1-20(2)16-27(36(53)44-15-9-12-29(44)35(52)43-28(37(54)55)17-21(3)4)42-34(51)26(19-31(47)48)41-33(50)25(18-23-10-7-6-8-11-23)40-32(49)24(39-22(5)45)13-14-30(38)46/h20-21,23-29H,6-19H2,1-5H3,(H2,38,46)(H,39,45)(H,40,49)(H,41,50)(H,42,51)(H,43,52)(H,47,48)(H,54,55)/t24?,25-,26?,27-,28-,29?/m0/s1. The Morgan fingerprint density at radius 3 is 1.76 bits per heavy atom. The third-order valence-corrected chi connectivity index (χ3v) is 9.79. The number of carbonyl (C=O) groups excluding carboxylic acids is 7. The van der Waals surface area contributed by atoms with Gasteiger partial charge in [0.25, 0.3) is 0 Å². The molecule has 0 radical (unpaired) electrons. The average Bonchev–Trinajstić information content (AvgIpc) is 3.58. The number of nitrogens with two attached hydrogens (primary N) is 1. The van der Waals surface area contributed by atoms with Gasteiger partial charge in [-0.3, -0.25) is 38.4 Å². The van der Waals surface area contributed by atoms with Gasteiger partial charge in [0.15, 0.2) is 0 Å². The first-order valence-corrected chi connectivity index (χ1v) is 19.3. The van der Waals surface area contributed by atoms with Crippen LogP contribution in [0.2, 0.25) is 0 Å². The number of hydrogen-bond donors (Lipinski definition) is 8. The lowest BCUT2D eigenvalue weighted by atomic mass is 9.84. The van der Waals surface area contributed by atoms with E-state index in [2.05, 4.69) is 26.6 Å². The van der Waals surface area contributed by atoms with Crippen LogP contribution in [0.5, 0.6) is 0 Å². The maximum Gasteiger partial charge on any atom is 0.326 e. The molecule has 6 atom stereocenters. The van der Waals surface area contributed by atoms with Gasteiger partial charge in [-0.25, -0.2) is 4.79 Å². The molecule has 0 aromatic carbocycles. The molecule has 1 aliphatic carbocycles. The number of aliphatic carboxylic acids is 2. The van der Waals surface area contributed by atoms with Crippen LogP contribution >= 0.6 is 0 Å². The van der Waals surface area contributed by atoms with Gasteiger partial charge in [-0.2, -0.15) is 0 Å². The third kappa shape index (κ3) is 16.2. The second kappa shape index (κ2) is 22.6. The molecule has 1 saturated heterocycles. The molecule has 1 heterocycles. The third-order valence-electron chi connectivity index (χ3n) is 9.79. The van der Waals surface area contributed by atoms with Gasteiger partial charge in [0.2, 0.25) is 41.4 Å². The van der Waals surface area contributed by atoms with Gasteiger partial charge in [0, 0.05) is 19.9 Å². The number of carbonyl (C=O) groups is 9.